The van der Waals surface area contributed by atoms with Crippen LogP contribution in [0.3, 0.4) is 0 Å². The monoisotopic (exact) mass is 349 g/mol. The first kappa shape index (κ1) is 18.6. The summed E-state index contributed by atoms with van der Waals surface area (Å²) in [6, 6.07) is 4.73. The predicted octanol–water partition coefficient (Wildman–Crippen LogP) is 2.42. The summed E-state index contributed by atoms with van der Waals surface area (Å²) in [5, 5.41) is 15.4. The Morgan fingerprint density at radius 2 is 1.96 bits per heavy atom. The average molecular weight is 349 g/mol. The second-order valence-electron chi connectivity index (χ2n) is 6.11. The molecule has 8 heteroatoms. The van der Waals surface area contributed by atoms with Crippen LogP contribution < -0.4 is 5.32 Å². The minimum absolute atomic E-state index is 0.0346. The van der Waals surface area contributed by atoms with Gasteiger partial charge in [-0.2, -0.15) is 4.98 Å². The van der Waals surface area contributed by atoms with E-state index in [0.717, 1.165) is 0 Å². The van der Waals surface area contributed by atoms with Gasteiger partial charge in [-0.15, -0.1) is 0 Å². The zero-order valence-electron chi connectivity index (χ0n) is 14.0. The molecule has 2 rings (SSSR count). The predicted molar refractivity (Wildman–Crippen MR) is 87.0 cm³/mol. The van der Waals surface area contributed by atoms with Crippen molar-refractivity contribution in [1.82, 2.24) is 15.5 Å². The summed E-state index contributed by atoms with van der Waals surface area (Å²) in [5.41, 5.74) is 0.601. The van der Waals surface area contributed by atoms with E-state index in [1.54, 1.807) is 0 Å². The maximum atomic E-state index is 12.9. The summed E-state index contributed by atoms with van der Waals surface area (Å²) in [7, 11) is 0. The van der Waals surface area contributed by atoms with E-state index in [1.165, 1.54) is 24.3 Å². The summed E-state index contributed by atoms with van der Waals surface area (Å²) in [5.74, 6) is -1.11. The molecular weight excluding hydrogens is 329 g/mol. The molecule has 0 aliphatic heterocycles. The Balaban J connectivity index is 1.89. The number of carbonyl (C=O) groups excluding carboxylic acids is 1. The first-order valence-corrected chi connectivity index (χ1v) is 7.96. The van der Waals surface area contributed by atoms with Gasteiger partial charge >= 0.3 is 5.97 Å². The van der Waals surface area contributed by atoms with Crippen LogP contribution in [0.25, 0.3) is 11.4 Å². The fraction of sp³-hybridized carbons (Fsp3) is 0.412. The Morgan fingerprint density at radius 1 is 1.28 bits per heavy atom. The standard InChI is InChI=1S/C17H20FN3O4/c1-10(2)9-13(17(23)24)19-14(22)7-8-15-20-16(21-25-15)11-3-5-12(18)6-4-11/h3-6,10,13H,7-9H2,1-2H3,(H,19,22)(H,23,24)/t13-/m1/s1. The van der Waals surface area contributed by atoms with Crippen LogP contribution in [-0.4, -0.2) is 33.2 Å². The lowest BCUT2D eigenvalue weighted by Gasteiger charge is -2.16. The Morgan fingerprint density at radius 3 is 2.56 bits per heavy atom. The van der Waals surface area contributed by atoms with E-state index in [0.29, 0.717) is 17.8 Å². The van der Waals surface area contributed by atoms with Crippen LogP contribution in [0.1, 0.15) is 32.6 Å². The largest absolute Gasteiger partial charge is 0.480 e. The molecular formula is C17H20FN3O4. The summed E-state index contributed by atoms with van der Waals surface area (Å²) < 4.78 is 18.0. The summed E-state index contributed by atoms with van der Waals surface area (Å²) in [6.45, 7) is 3.77. The number of aryl methyl sites for hydroxylation is 1. The third-order valence-corrected chi connectivity index (χ3v) is 3.48. The third kappa shape index (κ3) is 5.66. The number of hydrogen-bond donors (Lipinski definition) is 2. The molecule has 0 fully saturated rings. The Bertz CT molecular complexity index is 728. The van der Waals surface area contributed by atoms with Crippen molar-refractivity contribution in [2.45, 2.75) is 39.2 Å². The van der Waals surface area contributed by atoms with Gasteiger partial charge in [-0.05, 0) is 36.6 Å². The van der Waals surface area contributed by atoms with Gasteiger partial charge in [-0.1, -0.05) is 19.0 Å². The van der Waals surface area contributed by atoms with Gasteiger partial charge in [0, 0.05) is 18.4 Å². The third-order valence-electron chi connectivity index (χ3n) is 3.48. The van der Waals surface area contributed by atoms with Crippen molar-refractivity contribution in [3.05, 3.63) is 36.0 Å². The van der Waals surface area contributed by atoms with Crippen LogP contribution in [0.2, 0.25) is 0 Å². The molecule has 1 atom stereocenters. The van der Waals surface area contributed by atoms with Crippen molar-refractivity contribution in [1.29, 1.82) is 0 Å². The van der Waals surface area contributed by atoms with Gasteiger partial charge in [0.1, 0.15) is 11.9 Å². The van der Waals surface area contributed by atoms with Crippen molar-refractivity contribution < 1.29 is 23.6 Å². The molecule has 7 nitrogen and oxygen atoms in total. The van der Waals surface area contributed by atoms with E-state index in [-0.39, 0.29) is 30.5 Å². The fourth-order valence-electron chi connectivity index (χ4n) is 2.25. The van der Waals surface area contributed by atoms with Crippen LogP contribution in [-0.2, 0) is 16.0 Å². The zero-order chi connectivity index (χ0) is 18.4. The molecule has 2 N–H and O–H groups in total. The quantitative estimate of drug-likeness (QED) is 0.758. The number of rotatable bonds is 8. The maximum absolute atomic E-state index is 12.9. The first-order valence-electron chi connectivity index (χ1n) is 7.96. The molecule has 0 bridgehead atoms. The number of benzene rings is 1. The number of carbonyl (C=O) groups is 2. The number of amides is 1. The molecule has 1 aromatic carbocycles. The highest BCUT2D eigenvalue weighted by Crippen LogP contribution is 2.16. The summed E-state index contributed by atoms with van der Waals surface area (Å²) >= 11 is 0. The summed E-state index contributed by atoms with van der Waals surface area (Å²) in [6.07, 6.45) is 0.581. The Hall–Kier alpha value is -2.77. The van der Waals surface area contributed by atoms with Gasteiger partial charge in [0.2, 0.25) is 17.6 Å². The van der Waals surface area contributed by atoms with Gasteiger partial charge in [-0.3, -0.25) is 4.79 Å². The van der Waals surface area contributed by atoms with Crippen molar-refractivity contribution in [2.24, 2.45) is 5.92 Å². The zero-order valence-corrected chi connectivity index (χ0v) is 14.0. The van der Waals surface area contributed by atoms with Gasteiger partial charge in [0.15, 0.2) is 0 Å². The smallest absolute Gasteiger partial charge is 0.326 e. The molecule has 0 radical (unpaired) electrons. The highest BCUT2D eigenvalue weighted by Gasteiger charge is 2.21. The van der Waals surface area contributed by atoms with Crippen LogP contribution in [0.5, 0.6) is 0 Å². The number of carboxylic acids is 1. The second-order valence-corrected chi connectivity index (χ2v) is 6.11. The number of aromatic nitrogens is 2. The maximum Gasteiger partial charge on any atom is 0.326 e. The van der Waals surface area contributed by atoms with Crippen LogP contribution in [0.4, 0.5) is 4.39 Å². The van der Waals surface area contributed by atoms with Crippen molar-refractivity contribution >= 4 is 11.9 Å². The van der Waals surface area contributed by atoms with E-state index in [2.05, 4.69) is 15.5 Å². The van der Waals surface area contributed by atoms with Crippen LogP contribution >= 0.6 is 0 Å². The number of hydrogen-bond acceptors (Lipinski definition) is 5. The van der Waals surface area contributed by atoms with E-state index in [9.17, 15) is 14.0 Å². The first-order chi connectivity index (χ1) is 11.8. The van der Waals surface area contributed by atoms with Crippen LogP contribution in [0.15, 0.2) is 28.8 Å². The number of aliphatic carboxylic acids is 1. The highest BCUT2D eigenvalue weighted by molar-refractivity contribution is 5.83. The second kappa shape index (κ2) is 8.36. The molecule has 0 unspecified atom stereocenters. The SMILES string of the molecule is CC(C)C[C@@H](NC(=O)CCc1nc(-c2ccc(F)cc2)no1)C(=O)O. The molecule has 25 heavy (non-hydrogen) atoms. The molecule has 0 aliphatic rings. The lowest BCUT2D eigenvalue weighted by Crippen LogP contribution is -2.41. The van der Waals surface area contributed by atoms with Gasteiger partial charge in [0.25, 0.3) is 0 Å². The highest BCUT2D eigenvalue weighted by atomic mass is 19.1. The Kier molecular flexibility index (Phi) is 6.21. The molecule has 0 aliphatic carbocycles. The van der Waals surface area contributed by atoms with Crippen molar-refractivity contribution in [3.63, 3.8) is 0 Å². The topological polar surface area (TPSA) is 105 Å². The number of halogens is 1. The molecule has 2 aromatic rings. The molecule has 0 saturated heterocycles. The molecule has 1 aromatic heterocycles. The van der Waals surface area contributed by atoms with E-state index in [1.807, 2.05) is 13.8 Å². The molecule has 1 heterocycles. The minimum atomic E-state index is -1.06. The van der Waals surface area contributed by atoms with E-state index in [4.69, 9.17) is 9.63 Å². The molecule has 134 valence electrons. The van der Waals surface area contributed by atoms with Gasteiger partial charge in [-0.25, -0.2) is 9.18 Å². The van der Waals surface area contributed by atoms with E-state index >= 15 is 0 Å². The molecule has 1 amide bonds. The number of carboxylic acid groups (broad SMARTS) is 1. The van der Waals surface area contributed by atoms with Gasteiger partial charge < -0.3 is 14.9 Å². The number of nitrogens with zero attached hydrogens (tertiary/aromatic N) is 2. The van der Waals surface area contributed by atoms with E-state index < -0.39 is 17.9 Å². The average Bonchev–Trinajstić information content (AvgIpc) is 3.01. The Labute approximate surface area is 144 Å². The van der Waals surface area contributed by atoms with Gasteiger partial charge in [0.05, 0.1) is 0 Å². The fourth-order valence-corrected chi connectivity index (χ4v) is 2.25. The minimum Gasteiger partial charge on any atom is -0.480 e. The number of nitrogens with one attached hydrogen (secondary N) is 1. The van der Waals surface area contributed by atoms with Crippen LogP contribution in [0, 0.1) is 11.7 Å². The lowest BCUT2D eigenvalue weighted by molar-refractivity contribution is -0.142. The summed E-state index contributed by atoms with van der Waals surface area (Å²) in [4.78, 5) is 27.2. The normalized spacial score (nSPS) is 12.2. The lowest BCUT2D eigenvalue weighted by atomic mass is 10.0. The molecule has 0 spiro atoms. The van der Waals surface area contributed by atoms with Crippen molar-refractivity contribution in [3.8, 4) is 11.4 Å². The van der Waals surface area contributed by atoms with Crippen molar-refractivity contribution in [2.75, 3.05) is 0 Å². The molecule has 0 saturated carbocycles.